The first-order valence-corrected chi connectivity index (χ1v) is 10.4. The molecule has 0 aliphatic carbocycles. The van der Waals surface area contributed by atoms with Crippen LogP contribution >= 0.6 is 0 Å². The highest BCUT2D eigenvalue weighted by atomic mass is 19.1. The molecule has 0 spiro atoms. The normalized spacial score (nSPS) is 13.1. The molecule has 0 N–H and O–H groups in total. The van der Waals surface area contributed by atoms with Gasteiger partial charge in [0.2, 0.25) is 0 Å². The summed E-state index contributed by atoms with van der Waals surface area (Å²) in [6, 6.07) is 6.94. The molecule has 0 aliphatic rings. The van der Waals surface area contributed by atoms with Gasteiger partial charge in [-0.3, -0.25) is 0 Å². The van der Waals surface area contributed by atoms with Crippen LogP contribution < -0.4 is 0 Å². The van der Waals surface area contributed by atoms with Crippen molar-refractivity contribution in [3.05, 3.63) is 35.6 Å². The zero-order valence-corrected chi connectivity index (χ0v) is 17.4. The van der Waals surface area contributed by atoms with E-state index in [4.69, 9.17) is 9.47 Å². The molecule has 0 bridgehead atoms. The molecule has 0 heterocycles. The van der Waals surface area contributed by atoms with E-state index < -0.39 is 5.79 Å². The Morgan fingerprint density at radius 1 is 0.923 bits per heavy atom. The monoisotopic (exact) mass is 366 g/mol. The van der Waals surface area contributed by atoms with Crippen LogP contribution in [0, 0.1) is 11.7 Å². The minimum atomic E-state index is -0.512. The van der Waals surface area contributed by atoms with Gasteiger partial charge in [-0.2, -0.15) is 0 Å². The van der Waals surface area contributed by atoms with Crippen LogP contribution in [0.4, 0.5) is 4.39 Å². The lowest BCUT2D eigenvalue weighted by molar-refractivity contribution is -0.230. The molecule has 0 amide bonds. The summed E-state index contributed by atoms with van der Waals surface area (Å²) in [6.45, 7) is 4.31. The predicted molar refractivity (Wildman–Crippen MR) is 108 cm³/mol. The Bertz CT molecular complexity index is 471. The van der Waals surface area contributed by atoms with Crippen molar-refractivity contribution < 1.29 is 13.9 Å². The quantitative estimate of drug-likeness (QED) is 0.248. The fourth-order valence-corrected chi connectivity index (χ4v) is 3.67. The molecule has 0 saturated carbocycles. The lowest BCUT2D eigenvalue weighted by atomic mass is 9.87. The van der Waals surface area contributed by atoms with Gasteiger partial charge in [0.1, 0.15) is 5.82 Å². The number of benzene rings is 1. The molecule has 1 atom stereocenters. The van der Waals surface area contributed by atoms with Crippen LogP contribution in [0.5, 0.6) is 0 Å². The molecule has 0 radical (unpaired) electrons. The van der Waals surface area contributed by atoms with Gasteiger partial charge in [-0.1, -0.05) is 64.0 Å². The molecule has 1 aromatic carbocycles. The molecule has 150 valence electrons. The SMILES string of the molecule is CCCCCCCCC(CCCCc1cccc(F)c1)C(C)(OC)OC. The van der Waals surface area contributed by atoms with E-state index in [1.807, 2.05) is 6.07 Å². The van der Waals surface area contributed by atoms with Gasteiger partial charge in [-0.25, -0.2) is 4.39 Å². The molecule has 1 aromatic rings. The first-order valence-electron chi connectivity index (χ1n) is 10.4. The summed E-state index contributed by atoms with van der Waals surface area (Å²) in [7, 11) is 3.48. The highest BCUT2D eigenvalue weighted by Crippen LogP contribution is 2.32. The molecule has 0 aliphatic heterocycles. The van der Waals surface area contributed by atoms with Crippen LogP contribution in [0.1, 0.15) is 83.6 Å². The number of hydrogen-bond donors (Lipinski definition) is 0. The van der Waals surface area contributed by atoms with E-state index in [2.05, 4.69) is 13.8 Å². The smallest absolute Gasteiger partial charge is 0.167 e. The van der Waals surface area contributed by atoms with Gasteiger partial charge in [0, 0.05) is 20.1 Å². The highest BCUT2D eigenvalue weighted by Gasteiger charge is 2.33. The van der Waals surface area contributed by atoms with Gasteiger partial charge in [0.05, 0.1) is 0 Å². The average Bonchev–Trinajstić information content (AvgIpc) is 2.65. The maximum atomic E-state index is 13.3. The molecular weight excluding hydrogens is 327 g/mol. The number of methoxy groups -OCH3 is 2. The lowest BCUT2D eigenvalue weighted by Gasteiger charge is -2.35. The standard InChI is InChI=1S/C23H39FO2/c1-5-6-7-8-9-10-16-21(23(2,25-3)26-4)17-12-11-14-20-15-13-18-22(24)19-20/h13,15,18-19,21H,5-12,14,16-17H2,1-4H3. The molecule has 1 unspecified atom stereocenters. The minimum Gasteiger partial charge on any atom is -0.353 e. The first kappa shape index (κ1) is 23.1. The van der Waals surface area contributed by atoms with Gasteiger partial charge in [0.15, 0.2) is 5.79 Å². The molecular formula is C23H39FO2. The van der Waals surface area contributed by atoms with Crippen molar-refractivity contribution in [3.8, 4) is 0 Å². The first-order chi connectivity index (χ1) is 12.6. The number of halogens is 1. The van der Waals surface area contributed by atoms with E-state index in [1.54, 1.807) is 26.4 Å². The van der Waals surface area contributed by atoms with E-state index in [1.165, 1.54) is 44.6 Å². The van der Waals surface area contributed by atoms with Crippen molar-refractivity contribution in [1.82, 2.24) is 0 Å². The van der Waals surface area contributed by atoms with Crippen LogP contribution in [-0.2, 0) is 15.9 Å². The molecule has 1 rings (SSSR count). The molecule has 2 nitrogen and oxygen atoms in total. The number of hydrogen-bond acceptors (Lipinski definition) is 2. The summed E-state index contributed by atoms with van der Waals surface area (Å²) < 4.78 is 24.7. The Labute approximate surface area is 160 Å². The summed E-state index contributed by atoms with van der Waals surface area (Å²) >= 11 is 0. The molecule has 26 heavy (non-hydrogen) atoms. The molecule has 0 aromatic heterocycles. The third-order valence-electron chi connectivity index (χ3n) is 5.62. The Hall–Kier alpha value is -0.930. The van der Waals surface area contributed by atoms with Gasteiger partial charge in [-0.15, -0.1) is 0 Å². The van der Waals surface area contributed by atoms with Crippen molar-refractivity contribution in [2.45, 2.75) is 90.3 Å². The van der Waals surface area contributed by atoms with Gasteiger partial charge in [0.25, 0.3) is 0 Å². The number of ether oxygens (including phenoxy) is 2. The van der Waals surface area contributed by atoms with Crippen molar-refractivity contribution in [2.75, 3.05) is 14.2 Å². The third kappa shape index (κ3) is 8.64. The minimum absolute atomic E-state index is 0.144. The zero-order chi connectivity index (χ0) is 19.3. The number of unbranched alkanes of at least 4 members (excludes halogenated alkanes) is 6. The Morgan fingerprint density at radius 3 is 2.15 bits per heavy atom. The van der Waals surface area contributed by atoms with Crippen LogP contribution in [-0.4, -0.2) is 20.0 Å². The van der Waals surface area contributed by atoms with Crippen molar-refractivity contribution in [1.29, 1.82) is 0 Å². The summed E-state index contributed by atoms with van der Waals surface area (Å²) in [5, 5.41) is 0. The predicted octanol–water partition coefficient (Wildman–Crippen LogP) is 6.91. The number of rotatable bonds is 15. The van der Waals surface area contributed by atoms with Crippen molar-refractivity contribution >= 4 is 0 Å². The second kappa shape index (κ2) is 13.3. The highest BCUT2D eigenvalue weighted by molar-refractivity contribution is 5.16. The largest absolute Gasteiger partial charge is 0.353 e. The van der Waals surface area contributed by atoms with Crippen LogP contribution in [0.25, 0.3) is 0 Å². The van der Waals surface area contributed by atoms with Crippen LogP contribution in [0.15, 0.2) is 24.3 Å². The average molecular weight is 367 g/mol. The van der Waals surface area contributed by atoms with Gasteiger partial charge >= 0.3 is 0 Å². The van der Waals surface area contributed by atoms with Gasteiger partial charge < -0.3 is 9.47 Å². The topological polar surface area (TPSA) is 18.5 Å². The van der Waals surface area contributed by atoms with E-state index in [0.29, 0.717) is 5.92 Å². The fourth-order valence-electron chi connectivity index (χ4n) is 3.67. The molecule has 0 fully saturated rings. The fraction of sp³-hybridized carbons (Fsp3) is 0.739. The van der Waals surface area contributed by atoms with Crippen LogP contribution in [0.2, 0.25) is 0 Å². The summed E-state index contributed by atoms with van der Waals surface area (Å²) in [5.74, 6) is -0.256. The Morgan fingerprint density at radius 2 is 1.54 bits per heavy atom. The van der Waals surface area contributed by atoms with Gasteiger partial charge in [-0.05, 0) is 50.3 Å². The maximum Gasteiger partial charge on any atom is 0.167 e. The zero-order valence-electron chi connectivity index (χ0n) is 17.4. The lowest BCUT2D eigenvalue weighted by Crippen LogP contribution is -2.39. The van der Waals surface area contributed by atoms with Crippen molar-refractivity contribution in [3.63, 3.8) is 0 Å². The molecule has 0 saturated heterocycles. The number of aryl methyl sites for hydroxylation is 1. The Balaban J connectivity index is 2.41. The van der Waals surface area contributed by atoms with E-state index in [0.717, 1.165) is 37.7 Å². The Kier molecular flexibility index (Phi) is 11.8. The summed E-state index contributed by atoms with van der Waals surface area (Å²) in [4.78, 5) is 0. The van der Waals surface area contributed by atoms with E-state index in [9.17, 15) is 4.39 Å². The van der Waals surface area contributed by atoms with E-state index in [-0.39, 0.29) is 5.82 Å². The second-order valence-corrected chi connectivity index (χ2v) is 7.55. The molecule has 3 heteroatoms. The second-order valence-electron chi connectivity index (χ2n) is 7.55. The van der Waals surface area contributed by atoms with E-state index >= 15 is 0 Å². The van der Waals surface area contributed by atoms with Crippen molar-refractivity contribution in [2.24, 2.45) is 5.92 Å². The third-order valence-corrected chi connectivity index (χ3v) is 5.62. The maximum absolute atomic E-state index is 13.3. The summed E-state index contributed by atoms with van der Waals surface area (Å²) in [6.07, 6.45) is 13.2. The van der Waals surface area contributed by atoms with Crippen LogP contribution in [0.3, 0.4) is 0 Å². The summed E-state index contributed by atoms with van der Waals surface area (Å²) in [5.41, 5.74) is 1.08.